The summed E-state index contributed by atoms with van der Waals surface area (Å²) < 4.78 is 0. The molecule has 0 saturated heterocycles. The Morgan fingerprint density at radius 3 is 2.56 bits per heavy atom. The van der Waals surface area contributed by atoms with E-state index >= 15 is 0 Å². The molecule has 1 aliphatic carbocycles. The Bertz CT molecular complexity index is 254. The molecule has 2 amide bonds. The average molecular weight is 244 g/mol. The third-order valence-corrected chi connectivity index (χ3v) is 3.32. The molecule has 0 radical (unpaired) electrons. The largest absolute Gasteiger partial charge is 0.354 e. The number of hydrogen-bond donors (Lipinski definition) is 3. The topological polar surface area (TPSA) is 58.2 Å². The van der Waals surface area contributed by atoms with E-state index in [1.165, 1.54) is 26.2 Å². The first-order valence-electron chi connectivity index (χ1n) is 5.79. The molecule has 1 aliphatic rings. The fraction of sp³-hybridized carbons (Fsp3) is 0.818. The van der Waals surface area contributed by atoms with Crippen molar-refractivity contribution in [1.29, 1.82) is 0 Å². The molecule has 1 fully saturated rings. The zero-order chi connectivity index (χ0) is 12.0. The molecule has 0 aromatic rings. The van der Waals surface area contributed by atoms with Crippen molar-refractivity contribution in [2.75, 3.05) is 12.3 Å². The number of nitrogens with one attached hydrogen (secondary N) is 2. The highest BCUT2D eigenvalue weighted by molar-refractivity contribution is 7.80. The summed E-state index contributed by atoms with van der Waals surface area (Å²) in [7, 11) is 0. The Balaban J connectivity index is 2.17. The van der Waals surface area contributed by atoms with Crippen molar-refractivity contribution < 1.29 is 9.59 Å². The van der Waals surface area contributed by atoms with E-state index in [9.17, 15) is 9.59 Å². The Labute approximate surface area is 102 Å². The summed E-state index contributed by atoms with van der Waals surface area (Å²) in [5.41, 5.74) is 0. The third kappa shape index (κ3) is 4.43. The second kappa shape index (κ2) is 6.78. The van der Waals surface area contributed by atoms with Crippen molar-refractivity contribution in [2.45, 2.75) is 38.6 Å². The number of carbonyl (C=O) groups excluding carboxylic acids is 2. The van der Waals surface area contributed by atoms with Crippen LogP contribution in [0.1, 0.15) is 32.6 Å². The van der Waals surface area contributed by atoms with E-state index in [-0.39, 0.29) is 11.8 Å². The van der Waals surface area contributed by atoms with E-state index in [0.717, 1.165) is 12.3 Å². The summed E-state index contributed by atoms with van der Waals surface area (Å²) in [6.45, 7) is 2.10. The minimum Gasteiger partial charge on any atom is -0.354 e. The standard InChI is InChI=1S/C11H20N2O2S/c1-8(14)13-10(7-16)11(15)12-6-5-9-3-2-4-9/h9-10,16H,2-7H2,1H3,(H,12,15)(H,13,14). The lowest BCUT2D eigenvalue weighted by molar-refractivity contribution is -0.127. The molecule has 0 aliphatic heterocycles. The zero-order valence-corrected chi connectivity index (χ0v) is 10.6. The van der Waals surface area contributed by atoms with Gasteiger partial charge in [0, 0.05) is 19.2 Å². The maximum absolute atomic E-state index is 11.6. The predicted octanol–water partition coefficient (Wildman–Crippen LogP) is 0.727. The molecule has 2 N–H and O–H groups in total. The van der Waals surface area contributed by atoms with Crippen molar-refractivity contribution >= 4 is 24.4 Å². The van der Waals surface area contributed by atoms with Gasteiger partial charge in [0.25, 0.3) is 0 Å². The molecule has 92 valence electrons. The summed E-state index contributed by atoms with van der Waals surface area (Å²) in [6.07, 6.45) is 4.95. The van der Waals surface area contributed by atoms with Gasteiger partial charge in [-0.25, -0.2) is 0 Å². The first-order chi connectivity index (χ1) is 7.63. The van der Waals surface area contributed by atoms with Crippen LogP contribution in [-0.4, -0.2) is 30.2 Å². The first kappa shape index (κ1) is 13.4. The quantitative estimate of drug-likeness (QED) is 0.603. The van der Waals surface area contributed by atoms with Gasteiger partial charge in [-0.15, -0.1) is 0 Å². The molecule has 1 atom stereocenters. The van der Waals surface area contributed by atoms with Gasteiger partial charge in [0.2, 0.25) is 11.8 Å². The number of amides is 2. The molecule has 0 aromatic carbocycles. The molecule has 0 aromatic heterocycles. The normalized spacial score (nSPS) is 17.4. The van der Waals surface area contributed by atoms with Crippen molar-refractivity contribution in [3.8, 4) is 0 Å². The summed E-state index contributed by atoms with van der Waals surface area (Å²) in [5.74, 6) is 0.780. The highest BCUT2D eigenvalue weighted by atomic mass is 32.1. The van der Waals surface area contributed by atoms with Gasteiger partial charge in [0.1, 0.15) is 6.04 Å². The molecule has 5 heteroatoms. The Morgan fingerprint density at radius 2 is 2.12 bits per heavy atom. The molecule has 0 heterocycles. The predicted molar refractivity (Wildman–Crippen MR) is 66.4 cm³/mol. The molecule has 1 unspecified atom stereocenters. The molecule has 1 rings (SSSR count). The second-order valence-corrected chi connectivity index (χ2v) is 4.68. The lowest BCUT2D eigenvalue weighted by Crippen LogP contribution is -2.47. The van der Waals surface area contributed by atoms with Crippen LogP contribution in [0.2, 0.25) is 0 Å². The van der Waals surface area contributed by atoms with E-state index in [2.05, 4.69) is 23.3 Å². The molecule has 16 heavy (non-hydrogen) atoms. The van der Waals surface area contributed by atoms with E-state index in [4.69, 9.17) is 0 Å². The van der Waals surface area contributed by atoms with Crippen LogP contribution in [0.25, 0.3) is 0 Å². The molecule has 0 bridgehead atoms. The SMILES string of the molecule is CC(=O)NC(CS)C(=O)NCCC1CCC1. The summed E-state index contributed by atoms with van der Waals surface area (Å²) in [4.78, 5) is 22.5. The third-order valence-electron chi connectivity index (χ3n) is 2.95. The monoisotopic (exact) mass is 244 g/mol. The Hall–Kier alpha value is -0.710. The smallest absolute Gasteiger partial charge is 0.243 e. The second-order valence-electron chi connectivity index (χ2n) is 4.31. The van der Waals surface area contributed by atoms with Crippen molar-refractivity contribution in [1.82, 2.24) is 10.6 Å². The van der Waals surface area contributed by atoms with Crippen LogP contribution in [0.15, 0.2) is 0 Å². The van der Waals surface area contributed by atoms with E-state index in [1.54, 1.807) is 0 Å². The number of rotatable bonds is 6. The van der Waals surface area contributed by atoms with Gasteiger partial charge in [-0.2, -0.15) is 12.6 Å². The molecule has 0 spiro atoms. The first-order valence-corrected chi connectivity index (χ1v) is 6.42. The van der Waals surface area contributed by atoms with Crippen LogP contribution < -0.4 is 10.6 Å². The maximum atomic E-state index is 11.6. The van der Waals surface area contributed by atoms with Gasteiger partial charge in [-0.3, -0.25) is 9.59 Å². The van der Waals surface area contributed by atoms with Crippen LogP contribution in [0.5, 0.6) is 0 Å². The van der Waals surface area contributed by atoms with E-state index in [0.29, 0.717) is 12.3 Å². The summed E-state index contributed by atoms with van der Waals surface area (Å²) in [5, 5.41) is 5.40. The fourth-order valence-electron chi connectivity index (χ4n) is 1.74. The lowest BCUT2D eigenvalue weighted by Gasteiger charge is -2.25. The minimum atomic E-state index is -0.512. The van der Waals surface area contributed by atoms with E-state index in [1.807, 2.05) is 0 Å². The Morgan fingerprint density at radius 1 is 1.44 bits per heavy atom. The van der Waals surface area contributed by atoms with Crippen LogP contribution in [-0.2, 0) is 9.59 Å². The van der Waals surface area contributed by atoms with Crippen LogP contribution in [0, 0.1) is 5.92 Å². The fourth-order valence-corrected chi connectivity index (χ4v) is 2.00. The summed E-state index contributed by atoms with van der Waals surface area (Å²) >= 11 is 4.05. The van der Waals surface area contributed by atoms with Crippen molar-refractivity contribution in [3.63, 3.8) is 0 Å². The highest BCUT2D eigenvalue weighted by Crippen LogP contribution is 2.28. The van der Waals surface area contributed by atoms with Crippen LogP contribution in [0.3, 0.4) is 0 Å². The minimum absolute atomic E-state index is 0.135. The van der Waals surface area contributed by atoms with Gasteiger partial charge in [-0.1, -0.05) is 19.3 Å². The molecule has 1 saturated carbocycles. The molecular formula is C11H20N2O2S. The zero-order valence-electron chi connectivity index (χ0n) is 9.66. The number of thiol groups is 1. The van der Waals surface area contributed by atoms with Gasteiger partial charge >= 0.3 is 0 Å². The van der Waals surface area contributed by atoms with Crippen LogP contribution >= 0.6 is 12.6 Å². The molecule has 4 nitrogen and oxygen atoms in total. The van der Waals surface area contributed by atoms with Crippen molar-refractivity contribution in [3.05, 3.63) is 0 Å². The van der Waals surface area contributed by atoms with Crippen molar-refractivity contribution in [2.24, 2.45) is 5.92 Å². The van der Waals surface area contributed by atoms with Gasteiger partial charge in [0.15, 0.2) is 0 Å². The van der Waals surface area contributed by atoms with Gasteiger partial charge in [0.05, 0.1) is 0 Å². The van der Waals surface area contributed by atoms with Gasteiger partial charge < -0.3 is 10.6 Å². The maximum Gasteiger partial charge on any atom is 0.243 e. The number of hydrogen-bond acceptors (Lipinski definition) is 3. The summed E-state index contributed by atoms with van der Waals surface area (Å²) in [6, 6.07) is -0.512. The van der Waals surface area contributed by atoms with E-state index < -0.39 is 6.04 Å². The number of carbonyl (C=O) groups is 2. The van der Waals surface area contributed by atoms with Crippen LogP contribution in [0.4, 0.5) is 0 Å². The highest BCUT2D eigenvalue weighted by Gasteiger charge is 2.19. The average Bonchev–Trinajstić information content (AvgIpc) is 2.17. The molecular weight excluding hydrogens is 224 g/mol. The lowest BCUT2D eigenvalue weighted by atomic mass is 9.83. The van der Waals surface area contributed by atoms with Gasteiger partial charge in [-0.05, 0) is 12.3 Å². The Kier molecular flexibility index (Phi) is 5.66.